The van der Waals surface area contributed by atoms with Crippen molar-refractivity contribution in [2.75, 3.05) is 6.54 Å². The average Bonchev–Trinajstić information content (AvgIpc) is 3.06. The van der Waals surface area contributed by atoms with Gasteiger partial charge in [0.15, 0.2) is 0 Å². The van der Waals surface area contributed by atoms with Crippen molar-refractivity contribution >= 4 is 34.4 Å². The van der Waals surface area contributed by atoms with Crippen LogP contribution in [0.25, 0.3) is 10.9 Å². The van der Waals surface area contributed by atoms with E-state index in [1.807, 2.05) is 54.7 Å². The van der Waals surface area contributed by atoms with Crippen LogP contribution in [0.3, 0.4) is 0 Å². The predicted molar refractivity (Wildman–Crippen MR) is 107 cm³/mol. The van der Waals surface area contributed by atoms with Gasteiger partial charge in [-0.2, -0.15) is 0 Å². The van der Waals surface area contributed by atoms with Crippen molar-refractivity contribution < 1.29 is 9.59 Å². The van der Waals surface area contributed by atoms with Crippen LogP contribution in [0.4, 0.5) is 4.79 Å². The topological polar surface area (TPSA) is 100 Å². The minimum Gasteiger partial charge on any atom is -0.361 e. The molecule has 3 aromatic rings. The lowest BCUT2D eigenvalue weighted by atomic mass is 9.90. The highest BCUT2D eigenvalue weighted by Gasteiger charge is 2.22. The zero-order valence-corrected chi connectivity index (χ0v) is 15.6. The summed E-state index contributed by atoms with van der Waals surface area (Å²) in [4.78, 5) is 26.1. The van der Waals surface area contributed by atoms with Crippen LogP contribution in [0, 0.1) is 0 Å². The smallest absolute Gasteiger partial charge is 0.318 e. The number of carbonyl (C=O) groups excluding carboxylic acids is 2. The third-order valence-electron chi connectivity index (χ3n) is 4.55. The summed E-state index contributed by atoms with van der Waals surface area (Å²) in [5, 5.41) is 7.01. The summed E-state index contributed by atoms with van der Waals surface area (Å²) in [5.41, 5.74) is 8.08. The third-order valence-corrected chi connectivity index (χ3v) is 4.89. The number of para-hydroxylation sites is 1. The number of aromatic amines is 1. The van der Waals surface area contributed by atoms with E-state index in [4.69, 9.17) is 17.3 Å². The fourth-order valence-corrected chi connectivity index (χ4v) is 3.41. The van der Waals surface area contributed by atoms with Gasteiger partial charge in [-0.15, -0.1) is 0 Å². The molecule has 2 aromatic carbocycles. The molecule has 0 unspecified atom stereocenters. The van der Waals surface area contributed by atoms with Crippen molar-refractivity contribution in [2.24, 2.45) is 5.73 Å². The molecule has 0 aliphatic rings. The molecule has 0 aliphatic heterocycles. The van der Waals surface area contributed by atoms with E-state index in [9.17, 15) is 9.59 Å². The van der Waals surface area contributed by atoms with Crippen molar-refractivity contribution in [3.8, 4) is 0 Å². The minimum absolute atomic E-state index is 0.0846. The molecule has 0 saturated carbocycles. The highest BCUT2D eigenvalue weighted by Crippen LogP contribution is 2.34. The summed E-state index contributed by atoms with van der Waals surface area (Å²) in [6, 6.07) is 14.2. The van der Waals surface area contributed by atoms with E-state index in [-0.39, 0.29) is 5.92 Å². The van der Waals surface area contributed by atoms with E-state index in [1.165, 1.54) is 0 Å². The highest BCUT2D eigenvalue weighted by molar-refractivity contribution is 6.31. The fourth-order valence-electron chi connectivity index (χ4n) is 3.14. The van der Waals surface area contributed by atoms with E-state index in [0.29, 0.717) is 11.6 Å². The molecule has 140 valence electrons. The number of hydrogen-bond donors (Lipinski definition) is 4. The van der Waals surface area contributed by atoms with Gasteiger partial charge >= 0.3 is 6.03 Å². The number of fused-ring (bicyclic) bond motifs is 1. The van der Waals surface area contributed by atoms with Crippen molar-refractivity contribution in [3.05, 3.63) is 70.9 Å². The molecular weight excluding hydrogens is 364 g/mol. The zero-order chi connectivity index (χ0) is 19.4. The number of carbonyl (C=O) groups is 2. The Hall–Kier alpha value is -2.83. The second kappa shape index (κ2) is 8.24. The first kappa shape index (κ1) is 18.9. The molecule has 5 N–H and O–H groups in total. The van der Waals surface area contributed by atoms with Gasteiger partial charge in [0, 0.05) is 34.6 Å². The summed E-state index contributed by atoms with van der Waals surface area (Å²) in [5.74, 6) is -0.557. The Balaban J connectivity index is 1.91. The molecule has 6 nitrogen and oxygen atoms in total. The Morgan fingerprint density at radius 3 is 2.56 bits per heavy atom. The third kappa shape index (κ3) is 4.30. The number of halogens is 1. The molecule has 0 saturated heterocycles. The normalized spacial score (nSPS) is 13.3. The minimum atomic E-state index is -0.868. The molecule has 0 aliphatic carbocycles. The Bertz CT molecular complexity index is 969. The summed E-state index contributed by atoms with van der Waals surface area (Å²) in [6.45, 7) is 2.14. The number of benzene rings is 2. The summed E-state index contributed by atoms with van der Waals surface area (Å²) < 4.78 is 0. The highest BCUT2D eigenvalue weighted by atomic mass is 35.5. The number of hydrogen-bond acceptors (Lipinski definition) is 3. The zero-order valence-electron chi connectivity index (χ0n) is 14.8. The molecule has 27 heavy (non-hydrogen) atoms. The number of aromatic nitrogens is 1. The number of primary amides is 1. The first-order valence-electron chi connectivity index (χ1n) is 8.61. The summed E-state index contributed by atoms with van der Waals surface area (Å²) in [7, 11) is 0. The fraction of sp³-hybridized carbons (Fsp3) is 0.200. The second-order valence-electron chi connectivity index (χ2n) is 6.35. The van der Waals surface area contributed by atoms with E-state index in [2.05, 4.69) is 15.6 Å². The molecule has 3 rings (SSSR count). The quantitative estimate of drug-likeness (QED) is 0.525. The number of rotatable bonds is 6. The van der Waals surface area contributed by atoms with E-state index in [0.717, 1.165) is 22.0 Å². The molecule has 3 amide bonds. The van der Waals surface area contributed by atoms with Crippen molar-refractivity contribution in [2.45, 2.75) is 18.9 Å². The number of nitrogens with two attached hydrogens (primary N) is 1. The van der Waals surface area contributed by atoms with Crippen molar-refractivity contribution in [1.82, 2.24) is 15.6 Å². The lowest BCUT2D eigenvalue weighted by molar-refractivity contribution is -0.121. The Morgan fingerprint density at radius 2 is 1.81 bits per heavy atom. The maximum Gasteiger partial charge on any atom is 0.318 e. The molecule has 1 heterocycles. The predicted octanol–water partition coefficient (Wildman–Crippen LogP) is 3.13. The lowest BCUT2D eigenvalue weighted by Crippen LogP contribution is -2.47. The summed E-state index contributed by atoms with van der Waals surface area (Å²) in [6.07, 6.45) is 1.97. The molecule has 7 heteroatoms. The maximum absolute atomic E-state index is 12.0. The number of H-pyrrole nitrogens is 1. The van der Waals surface area contributed by atoms with Crippen LogP contribution in [0.1, 0.15) is 24.0 Å². The van der Waals surface area contributed by atoms with Gasteiger partial charge in [-0.25, -0.2) is 4.79 Å². The van der Waals surface area contributed by atoms with Crippen molar-refractivity contribution in [3.63, 3.8) is 0 Å². The van der Waals surface area contributed by atoms with Crippen LogP contribution < -0.4 is 16.4 Å². The number of imide groups is 1. The van der Waals surface area contributed by atoms with Crippen LogP contribution in [-0.4, -0.2) is 29.5 Å². The van der Waals surface area contributed by atoms with Gasteiger partial charge in [0.05, 0.1) is 6.04 Å². The average molecular weight is 385 g/mol. The standard InChI is InChI=1S/C20H21ClN4O2/c1-12(19(26)25-20(22)27)23-10-15(13-6-2-4-8-17(13)21)16-11-24-18-9-5-3-7-14(16)18/h2-9,11-12,15,23-24H,10H2,1H3,(H3,22,25,26,27)/t12-,15+/m1/s1. The monoisotopic (exact) mass is 384 g/mol. The van der Waals surface area contributed by atoms with Crippen LogP contribution in [0.5, 0.6) is 0 Å². The molecular formula is C20H21ClN4O2. The molecule has 0 radical (unpaired) electrons. The van der Waals surface area contributed by atoms with Gasteiger partial charge in [0.25, 0.3) is 0 Å². The van der Waals surface area contributed by atoms with Crippen LogP contribution in [-0.2, 0) is 4.79 Å². The lowest BCUT2D eigenvalue weighted by Gasteiger charge is -2.21. The SMILES string of the molecule is C[C@@H](NC[C@@H](c1ccccc1Cl)c1c[nH]c2ccccc12)C(=O)NC(N)=O. The Kier molecular flexibility index (Phi) is 5.78. The van der Waals surface area contributed by atoms with E-state index in [1.54, 1.807) is 6.92 Å². The molecule has 0 spiro atoms. The number of urea groups is 1. The first-order chi connectivity index (χ1) is 13.0. The molecule has 0 bridgehead atoms. The Morgan fingerprint density at radius 1 is 1.11 bits per heavy atom. The molecule has 0 fully saturated rings. The van der Waals surface area contributed by atoms with Gasteiger partial charge in [0.1, 0.15) is 0 Å². The summed E-state index contributed by atoms with van der Waals surface area (Å²) >= 11 is 6.46. The number of amides is 3. The van der Waals surface area contributed by atoms with Crippen LogP contribution in [0.2, 0.25) is 5.02 Å². The number of nitrogens with one attached hydrogen (secondary N) is 3. The van der Waals surface area contributed by atoms with Crippen LogP contribution in [0.15, 0.2) is 54.7 Å². The second-order valence-corrected chi connectivity index (χ2v) is 6.75. The molecule has 2 atom stereocenters. The van der Waals surface area contributed by atoms with Gasteiger partial charge in [-0.1, -0.05) is 48.0 Å². The van der Waals surface area contributed by atoms with Crippen molar-refractivity contribution in [1.29, 1.82) is 0 Å². The van der Waals surface area contributed by atoms with Gasteiger partial charge in [-0.05, 0) is 30.2 Å². The largest absolute Gasteiger partial charge is 0.361 e. The Labute approximate surface area is 162 Å². The first-order valence-corrected chi connectivity index (χ1v) is 8.99. The van der Waals surface area contributed by atoms with E-state index >= 15 is 0 Å². The van der Waals surface area contributed by atoms with E-state index < -0.39 is 18.0 Å². The van der Waals surface area contributed by atoms with Crippen LogP contribution >= 0.6 is 11.6 Å². The molecule has 1 aromatic heterocycles. The van der Waals surface area contributed by atoms with Gasteiger partial charge < -0.3 is 16.0 Å². The van der Waals surface area contributed by atoms with Gasteiger partial charge in [-0.3, -0.25) is 10.1 Å². The van der Waals surface area contributed by atoms with Gasteiger partial charge in [0.2, 0.25) is 5.91 Å². The maximum atomic E-state index is 12.0.